The molecule has 1 aromatic heterocycles. The highest BCUT2D eigenvalue weighted by molar-refractivity contribution is 6.67. The molecule has 1 rings (SSSR count). The molecule has 0 aliphatic carbocycles. The third-order valence-electron chi connectivity index (χ3n) is 1.96. The number of alkyl halides is 6. The number of nitrogens with two attached hydrogens (primary N) is 1. The van der Waals surface area contributed by atoms with Gasteiger partial charge in [0.2, 0.25) is 0 Å². The van der Waals surface area contributed by atoms with Crippen molar-refractivity contribution in [3.63, 3.8) is 0 Å². The average molecular weight is 323 g/mol. The lowest BCUT2D eigenvalue weighted by Gasteiger charge is -2.18. The maximum absolute atomic E-state index is 12.7. The Kier molecular flexibility index (Phi) is 4.49. The summed E-state index contributed by atoms with van der Waals surface area (Å²) < 4.78 is 77.7. The first-order valence-electron chi connectivity index (χ1n) is 4.72. The Balaban J connectivity index is 3.57. The lowest BCUT2D eigenvalue weighted by atomic mass is 10.1. The van der Waals surface area contributed by atoms with Crippen molar-refractivity contribution in [2.24, 2.45) is 5.73 Å². The number of carbonyl (C=O) groups is 1. The van der Waals surface area contributed by atoms with Gasteiger partial charge < -0.3 is 10.5 Å². The molecule has 112 valence electrons. The van der Waals surface area contributed by atoms with Crippen molar-refractivity contribution >= 4 is 16.8 Å². The molecule has 1 heterocycles. The molecule has 0 bridgehead atoms. The van der Waals surface area contributed by atoms with Gasteiger partial charge in [-0.2, -0.15) is 13.2 Å². The van der Waals surface area contributed by atoms with Crippen LogP contribution in [0.3, 0.4) is 0 Å². The van der Waals surface area contributed by atoms with E-state index >= 15 is 0 Å². The molecule has 0 fully saturated rings. The van der Waals surface area contributed by atoms with Crippen LogP contribution in [0, 0.1) is 0 Å². The number of hydrogen-bond donors (Lipinski definition) is 1. The standard InChI is InChI=1S/C9H5ClF6N2O2/c10-7(19)4-1-3(2-17)5(20-9(14,15)16)6(18-4)8(11,12)13/h1H,2,17H2. The SMILES string of the molecule is NCc1cc(C(=O)Cl)nc(C(F)(F)F)c1OC(F)(F)F. The molecule has 0 saturated carbocycles. The summed E-state index contributed by atoms with van der Waals surface area (Å²) in [6.45, 7) is -0.742. The second-order valence-corrected chi connectivity index (χ2v) is 3.71. The van der Waals surface area contributed by atoms with Crippen molar-refractivity contribution in [2.45, 2.75) is 19.1 Å². The van der Waals surface area contributed by atoms with Gasteiger partial charge in [-0.05, 0) is 17.7 Å². The number of nitrogens with zero attached hydrogens (tertiary/aromatic N) is 1. The van der Waals surface area contributed by atoms with Crippen LogP contribution in [0.25, 0.3) is 0 Å². The second-order valence-electron chi connectivity index (χ2n) is 3.37. The molecule has 1 aromatic rings. The second kappa shape index (κ2) is 5.44. The zero-order valence-electron chi connectivity index (χ0n) is 9.27. The monoisotopic (exact) mass is 322 g/mol. The molecule has 0 spiro atoms. The Bertz CT molecular complexity index is 528. The van der Waals surface area contributed by atoms with Crippen molar-refractivity contribution < 1.29 is 35.9 Å². The van der Waals surface area contributed by atoms with E-state index in [1.165, 1.54) is 0 Å². The lowest BCUT2D eigenvalue weighted by molar-refractivity contribution is -0.276. The number of hydrogen-bond acceptors (Lipinski definition) is 4. The van der Waals surface area contributed by atoms with Crippen LogP contribution in [0.2, 0.25) is 0 Å². The summed E-state index contributed by atoms with van der Waals surface area (Å²) in [5.41, 5.74) is 1.45. The molecule has 0 atom stereocenters. The van der Waals surface area contributed by atoms with E-state index in [-0.39, 0.29) is 0 Å². The first-order chi connectivity index (χ1) is 8.95. The summed E-state index contributed by atoms with van der Waals surface area (Å²) >= 11 is 4.97. The minimum absolute atomic E-state index is 0.603. The third kappa shape index (κ3) is 3.97. The van der Waals surface area contributed by atoms with Gasteiger partial charge >= 0.3 is 12.5 Å². The molecule has 0 saturated heterocycles. The Morgan fingerprint density at radius 1 is 1.30 bits per heavy atom. The predicted molar refractivity (Wildman–Crippen MR) is 54.0 cm³/mol. The minimum Gasteiger partial charge on any atom is -0.403 e. The highest BCUT2D eigenvalue weighted by Gasteiger charge is 2.42. The molecule has 0 aromatic carbocycles. The molecular formula is C9H5ClF6N2O2. The van der Waals surface area contributed by atoms with E-state index in [1.54, 1.807) is 0 Å². The zero-order valence-corrected chi connectivity index (χ0v) is 10.0. The van der Waals surface area contributed by atoms with Crippen molar-refractivity contribution in [3.05, 3.63) is 23.0 Å². The van der Waals surface area contributed by atoms with Gasteiger partial charge in [0.05, 0.1) is 0 Å². The van der Waals surface area contributed by atoms with Gasteiger partial charge in [-0.15, -0.1) is 13.2 Å². The molecule has 0 aliphatic heterocycles. The van der Waals surface area contributed by atoms with E-state index in [4.69, 9.17) is 17.3 Å². The number of carbonyl (C=O) groups excluding carboxylic acids is 1. The third-order valence-corrected chi connectivity index (χ3v) is 2.15. The van der Waals surface area contributed by atoms with Gasteiger partial charge in [-0.3, -0.25) is 4.79 Å². The van der Waals surface area contributed by atoms with Gasteiger partial charge in [0.25, 0.3) is 5.24 Å². The summed E-state index contributed by atoms with van der Waals surface area (Å²) in [4.78, 5) is 13.6. The number of aromatic nitrogens is 1. The fourth-order valence-corrected chi connectivity index (χ4v) is 1.36. The highest BCUT2D eigenvalue weighted by atomic mass is 35.5. The Morgan fingerprint density at radius 2 is 1.85 bits per heavy atom. The maximum atomic E-state index is 12.7. The molecule has 11 heteroatoms. The summed E-state index contributed by atoms with van der Waals surface area (Å²) in [6, 6.07) is 0.603. The number of ether oxygens (including phenoxy) is 1. The lowest BCUT2D eigenvalue weighted by Crippen LogP contribution is -2.23. The largest absolute Gasteiger partial charge is 0.573 e. The number of rotatable bonds is 3. The van der Waals surface area contributed by atoms with Gasteiger partial charge in [0.15, 0.2) is 11.4 Å². The normalized spacial score (nSPS) is 12.4. The summed E-state index contributed by atoms with van der Waals surface area (Å²) in [5.74, 6) is -1.60. The number of pyridine rings is 1. The first kappa shape index (κ1) is 16.5. The smallest absolute Gasteiger partial charge is 0.403 e. The average Bonchev–Trinajstić information content (AvgIpc) is 2.25. The molecule has 0 radical (unpaired) electrons. The van der Waals surface area contributed by atoms with Crippen molar-refractivity contribution in [2.75, 3.05) is 0 Å². The van der Waals surface area contributed by atoms with Crippen molar-refractivity contribution in [3.8, 4) is 5.75 Å². The minimum atomic E-state index is -5.38. The van der Waals surface area contributed by atoms with E-state index < -0.39 is 47.0 Å². The van der Waals surface area contributed by atoms with Crippen molar-refractivity contribution in [1.82, 2.24) is 4.98 Å². The van der Waals surface area contributed by atoms with E-state index in [0.717, 1.165) is 0 Å². The molecule has 2 N–H and O–H groups in total. The van der Waals surface area contributed by atoms with E-state index in [2.05, 4.69) is 9.72 Å². The fraction of sp³-hybridized carbons (Fsp3) is 0.333. The van der Waals surface area contributed by atoms with Gasteiger partial charge in [0.1, 0.15) is 5.69 Å². The quantitative estimate of drug-likeness (QED) is 0.686. The van der Waals surface area contributed by atoms with E-state index in [0.29, 0.717) is 6.07 Å². The van der Waals surface area contributed by atoms with Crippen LogP contribution in [0.15, 0.2) is 6.07 Å². The topological polar surface area (TPSA) is 65.2 Å². The van der Waals surface area contributed by atoms with Crippen LogP contribution >= 0.6 is 11.6 Å². The van der Waals surface area contributed by atoms with Crippen molar-refractivity contribution in [1.29, 1.82) is 0 Å². The van der Waals surface area contributed by atoms with Gasteiger partial charge in [0, 0.05) is 12.1 Å². The highest BCUT2D eigenvalue weighted by Crippen LogP contribution is 2.39. The maximum Gasteiger partial charge on any atom is 0.573 e. The molecule has 0 aliphatic rings. The van der Waals surface area contributed by atoms with Crippen LogP contribution < -0.4 is 10.5 Å². The van der Waals surface area contributed by atoms with E-state index in [9.17, 15) is 31.1 Å². The van der Waals surface area contributed by atoms with Gasteiger partial charge in [-0.1, -0.05) is 0 Å². The summed E-state index contributed by atoms with van der Waals surface area (Å²) in [6.07, 6.45) is -10.7. The van der Waals surface area contributed by atoms with Crippen LogP contribution in [0.4, 0.5) is 26.3 Å². The molecule has 0 unspecified atom stereocenters. The number of halogens is 7. The fourth-order valence-electron chi connectivity index (χ4n) is 1.26. The Hall–Kier alpha value is -1.55. The van der Waals surface area contributed by atoms with Gasteiger partial charge in [-0.25, -0.2) is 4.98 Å². The molecule has 4 nitrogen and oxygen atoms in total. The molecule has 20 heavy (non-hydrogen) atoms. The predicted octanol–water partition coefficient (Wildman–Crippen LogP) is 2.84. The van der Waals surface area contributed by atoms with Crippen LogP contribution in [-0.2, 0) is 12.7 Å². The zero-order chi connectivity index (χ0) is 15.7. The Morgan fingerprint density at radius 3 is 2.20 bits per heavy atom. The first-order valence-corrected chi connectivity index (χ1v) is 5.10. The molecule has 0 amide bonds. The summed E-state index contributed by atoms with van der Waals surface area (Å²) in [5, 5.41) is -1.37. The van der Waals surface area contributed by atoms with Crippen LogP contribution in [-0.4, -0.2) is 16.6 Å². The van der Waals surface area contributed by atoms with Crippen LogP contribution in [0.1, 0.15) is 21.7 Å². The molecular weight excluding hydrogens is 318 g/mol. The van der Waals surface area contributed by atoms with Crippen LogP contribution in [0.5, 0.6) is 5.75 Å². The van der Waals surface area contributed by atoms with E-state index in [1.807, 2.05) is 0 Å². The Labute approximate surface area is 112 Å². The summed E-state index contributed by atoms with van der Waals surface area (Å²) in [7, 11) is 0.